The Morgan fingerprint density at radius 3 is 2.60 bits per heavy atom. The van der Waals surface area contributed by atoms with Crippen molar-refractivity contribution in [2.45, 2.75) is 25.9 Å². The number of carbonyl (C=O) groups excluding carboxylic acids is 1. The highest BCUT2D eigenvalue weighted by Crippen LogP contribution is 2.28. The molecule has 2 aliphatic heterocycles. The summed E-state index contributed by atoms with van der Waals surface area (Å²) in [6, 6.07) is 17.7. The van der Waals surface area contributed by atoms with Crippen LogP contribution in [0.25, 0.3) is 11.3 Å². The zero-order chi connectivity index (χ0) is 27.9. The van der Waals surface area contributed by atoms with Crippen LogP contribution in [-0.2, 0) is 9.53 Å². The highest BCUT2D eigenvalue weighted by atomic mass is 16.5. The number of aromatic nitrogens is 2. The third-order valence-corrected chi connectivity index (χ3v) is 7.31. The average Bonchev–Trinajstić information content (AvgIpc) is 3.00. The Labute approximate surface area is 234 Å². The molecular formula is C30H34N6O4. The molecule has 2 aliphatic rings. The average molecular weight is 543 g/mol. The van der Waals surface area contributed by atoms with Crippen molar-refractivity contribution < 1.29 is 19.4 Å². The van der Waals surface area contributed by atoms with Crippen molar-refractivity contribution in [2.24, 2.45) is 5.92 Å². The van der Waals surface area contributed by atoms with Gasteiger partial charge < -0.3 is 29.7 Å². The number of nitrogens with one attached hydrogen (secondary N) is 1. The molecule has 2 fully saturated rings. The molecule has 2 N–H and O–H groups in total. The number of anilines is 3. The number of likely N-dealkylation sites (tertiary alicyclic amines) is 1. The monoisotopic (exact) mass is 542 g/mol. The third-order valence-electron chi connectivity index (χ3n) is 7.31. The maximum Gasteiger partial charge on any atom is 0.251 e. The van der Waals surface area contributed by atoms with Crippen LogP contribution in [0, 0.1) is 17.2 Å². The van der Waals surface area contributed by atoms with E-state index in [-0.39, 0.29) is 11.8 Å². The number of piperidine rings is 1. The molecular weight excluding hydrogens is 508 g/mol. The van der Waals surface area contributed by atoms with E-state index in [1.54, 1.807) is 23.2 Å². The van der Waals surface area contributed by atoms with E-state index >= 15 is 0 Å². The second-order valence-corrected chi connectivity index (χ2v) is 10.1. The van der Waals surface area contributed by atoms with Gasteiger partial charge in [-0.1, -0.05) is 0 Å². The second kappa shape index (κ2) is 12.8. The van der Waals surface area contributed by atoms with Gasteiger partial charge in [0.05, 0.1) is 31.1 Å². The Hall–Kier alpha value is -4.20. The first-order valence-electron chi connectivity index (χ1n) is 13.7. The summed E-state index contributed by atoms with van der Waals surface area (Å²) < 4.78 is 11.5. The third kappa shape index (κ3) is 6.68. The smallest absolute Gasteiger partial charge is 0.251 e. The van der Waals surface area contributed by atoms with Crippen LogP contribution in [0.3, 0.4) is 0 Å². The molecule has 3 aromatic rings. The first-order chi connectivity index (χ1) is 19.5. The van der Waals surface area contributed by atoms with Crippen molar-refractivity contribution >= 4 is 23.2 Å². The number of hydrogen-bond donors (Lipinski definition) is 2. The predicted molar refractivity (Wildman–Crippen MR) is 151 cm³/mol. The molecule has 0 aliphatic carbocycles. The molecule has 5 rings (SSSR count). The molecule has 40 heavy (non-hydrogen) atoms. The zero-order valence-corrected chi connectivity index (χ0v) is 22.6. The van der Waals surface area contributed by atoms with Gasteiger partial charge in [0, 0.05) is 49.3 Å². The SMILES string of the molecule is C[C@H](O)C(=O)N1CCC(COc2ccc(-c3ccnc(Nc4ccc(N5CCOCC5)cc4)n3)cc2C#N)CC1. The van der Waals surface area contributed by atoms with E-state index in [1.165, 1.54) is 6.92 Å². The van der Waals surface area contributed by atoms with Crippen LogP contribution in [0.15, 0.2) is 54.7 Å². The number of nitriles is 1. The highest BCUT2D eigenvalue weighted by molar-refractivity contribution is 5.80. The lowest BCUT2D eigenvalue weighted by molar-refractivity contribution is -0.140. The first-order valence-corrected chi connectivity index (χ1v) is 13.7. The summed E-state index contributed by atoms with van der Waals surface area (Å²) in [6.07, 6.45) is 2.31. The maximum atomic E-state index is 12.0. The minimum Gasteiger partial charge on any atom is -0.492 e. The molecule has 0 saturated carbocycles. The minimum absolute atomic E-state index is 0.230. The van der Waals surface area contributed by atoms with Crippen LogP contribution in [0.5, 0.6) is 5.75 Å². The van der Waals surface area contributed by atoms with Gasteiger partial charge in [-0.25, -0.2) is 9.97 Å². The summed E-state index contributed by atoms with van der Waals surface area (Å²) in [5, 5.41) is 22.6. The topological polar surface area (TPSA) is 124 Å². The number of rotatable bonds is 8. The molecule has 2 aromatic carbocycles. The summed E-state index contributed by atoms with van der Waals surface area (Å²) in [4.78, 5) is 25.0. The quantitative estimate of drug-likeness (QED) is 0.439. The van der Waals surface area contributed by atoms with Gasteiger partial charge in [-0.15, -0.1) is 0 Å². The normalized spacial score (nSPS) is 16.7. The number of amides is 1. The standard InChI is InChI=1S/C30H34N6O4/c1-21(37)29(38)36-12-9-22(10-13-36)20-40-28-7-2-23(18-24(28)19-31)27-8-11-32-30(34-27)33-25-3-5-26(6-4-25)35-14-16-39-17-15-35/h2-8,11,18,21-22,37H,9-10,12-17,20H2,1H3,(H,32,33,34)/t21-/m0/s1. The van der Waals surface area contributed by atoms with Gasteiger partial charge in [0.25, 0.3) is 5.91 Å². The van der Waals surface area contributed by atoms with Gasteiger partial charge in [0.2, 0.25) is 5.95 Å². The molecule has 10 nitrogen and oxygen atoms in total. The van der Waals surface area contributed by atoms with Crippen molar-refractivity contribution in [2.75, 3.05) is 56.2 Å². The molecule has 0 bridgehead atoms. The van der Waals surface area contributed by atoms with E-state index in [1.807, 2.05) is 24.3 Å². The van der Waals surface area contributed by atoms with Gasteiger partial charge in [-0.3, -0.25) is 4.79 Å². The Kier molecular flexibility index (Phi) is 8.74. The van der Waals surface area contributed by atoms with Crippen LogP contribution < -0.4 is 15.0 Å². The minimum atomic E-state index is -0.974. The fraction of sp³-hybridized carbons (Fsp3) is 0.400. The highest BCUT2D eigenvalue weighted by Gasteiger charge is 2.25. The molecule has 2 saturated heterocycles. The van der Waals surface area contributed by atoms with Crippen molar-refractivity contribution in [3.8, 4) is 23.1 Å². The zero-order valence-electron chi connectivity index (χ0n) is 22.6. The lowest BCUT2D eigenvalue weighted by atomic mass is 9.97. The van der Waals surface area contributed by atoms with Gasteiger partial charge in [-0.2, -0.15) is 5.26 Å². The second-order valence-electron chi connectivity index (χ2n) is 10.1. The number of morpholine rings is 1. The maximum absolute atomic E-state index is 12.0. The fourth-order valence-electron chi connectivity index (χ4n) is 4.98. The number of hydrogen-bond acceptors (Lipinski definition) is 9. The number of aliphatic hydroxyl groups is 1. The number of aliphatic hydroxyl groups excluding tert-OH is 1. The van der Waals surface area contributed by atoms with Crippen LogP contribution in [0.4, 0.5) is 17.3 Å². The van der Waals surface area contributed by atoms with Crippen molar-refractivity contribution in [1.82, 2.24) is 14.9 Å². The summed E-state index contributed by atoms with van der Waals surface area (Å²) >= 11 is 0. The van der Waals surface area contributed by atoms with E-state index < -0.39 is 6.10 Å². The van der Waals surface area contributed by atoms with Crippen molar-refractivity contribution in [3.63, 3.8) is 0 Å². The summed E-state index contributed by atoms with van der Waals surface area (Å²) in [5.41, 5.74) is 3.97. The van der Waals surface area contributed by atoms with Gasteiger partial charge in [0.1, 0.15) is 17.9 Å². The van der Waals surface area contributed by atoms with Crippen LogP contribution >= 0.6 is 0 Å². The van der Waals surface area contributed by atoms with E-state index in [4.69, 9.17) is 9.47 Å². The Bertz CT molecular complexity index is 1340. The van der Waals surface area contributed by atoms with E-state index in [0.29, 0.717) is 42.7 Å². The van der Waals surface area contributed by atoms with E-state index in [0.717, 1.165) is 56.1 Å². The number of ether oxygens (including phenoxy) is 2. The summed E-state index contributed by atoms with van der Waals surface area (Å²) in [6.45, 7) is 6.43. The van der Waals surface area contributed by atoms with Gasteiger partial charge >= 0.3 is 0 Å². The largest absolute Gasteiger partial charge is 0.492 e. The lowest BCUT2D eigenvalue weighted by Crippen LogP contribution is -2.43. The number of carbonyl (C=O) groups is 1. The van der Waals surface area contributed by atoms with Crippen LogP contribution in [0.1, 0.15) is 25.3 Å². The predicted octanol–water partition coefficient (Wildman–Crippen LogP) is 3.59. The van der Waals surface area contributed by atoms with E-state index in [9.17, 15) is 15.2 Å². The molecule has 10 heteroatoms. The Morgan fingerprint density at radius 2 is 1.90 bits per heavy atom. The molecule has 0 spiro atoms. The summed E-state index contributed by atoms with van der Waals surface area (Å²) in [7, 11) is 0. The number of benzene rings is 2. The van der Waals surface area contributed by atoms with Crippen molar-refractivity contribution in [1.29, 1.82) is 5.26 Å². The summed E-state index contributed by atoms with van der Waals surface area (Å²) in [5.74, 6) is 1.05. The van der Waals surface area contributed by atoms with Gasteiger partial charge in [-0.05, 0) is 74.2 Å². The molecule has 1 aromatic heterocycles. The fourth-order valence-corrected chi connectivity index (χ4v) is 4.98. The number of nitrogens with zero attached hydrogens (tertiary/aromatic N) is 5. The Morgan fingerprint density at radius 1 is 1.15 bits per heavy atom. The molecule has 0 unspecified atom stereocenters. The molecule has 1 atom stereocenters. The molecule has 208 valence electrons. The van der Waals surface area contributed by atoms with Crippen LogP contribution in [0.2, 0.25) is 0 Å². The Balaban J connectivity index is 1.20. The molecule has 3 heterocycles. The lowest BCUT2D eigenvalue weighted by Gasteiger charge is -2.32. The van der Waals surface area contributed by atoms with E-state index in [2.05, 4.69) is 38.4 Å². The molecule has 1 amide bonds. The molecule has 0 radical (unpaired) electrons. The van der Waals surface area contributed by atoms with Crippen molar-refractivity contribution in [3.05, 3.63) is 60.3 Å². The first kappa shape index (κ1) is 27.4. The van der Waals surface area contributed by atoms with Crippen LogP contribution in [-0.4, -0.2) is 78.0 Å². The van der Waals surface area contributed by atoms with Gasteiger partial charge in [0.15, 0.2) is 0 Å².